The molecule has 0 bridgehead atoms. The SMILES string of the molecule is CC(=N)c1ccc(C(=O)N2CCC3(CC2)CN(CC(=O)OC(C)(C)C)C(=O)O3)cc1.CC(C)(C)OC(=O)CN1CC2(CCN(C(=O)c3ccc(C#N)cc3)CC2)OC1=O.CC(C)(C)OC(=O)CN1CC2(CCNCC2)OC1=O.CCN1CCC2(CC1)CN(CC(=O)OC(C)(C)C)C(=O)O2.CCN1CCC2(CC1)CNC(=O)O2.N=C(N)c1ccc(C(=O)N2CCC3(CC2)CN(CC(=O)O)C(=O)O3)cc1. The monoisotopic (exact) mass is 1930 g/mol. The van der Waals surface area contributed by atoms with Gasteiger partial charge in [-0.1, -0.05) is 38.1 Å². The molecule has 12 heterocycles. The highest BCUT2D eigenvalue weighted by Gasteiger charge is 2.54. The van der Waals surface area contributed by atoms with Crippen LogP contribution in [-0.4, -0.2) is 369 Å². The van der Waals surface area contributed by atoms with Crippen LogP contribution in [0.15, 0.2) is 72.8 Å². The van der Waals surface area contributed by atoms with Crippen molar-refractivity contribution in [3.63, 3.8) is 0 Å². The maximum Gasteiger partial charge on any atom is 0.411 e. The van der Waals surface area contributed by atoms with Gasteiger partial charge in [0.2, 0.25) is 0 Å². The largest absolute Gasteiger partial charge is 0.480 e. The Morgan fingerprint density at radius 1 is 0.391 bits per heavy atom. The van der Waals surface area contributed by atoms with E-state index in [0.717, 1.165) is 96.4 Å². The Hall–Kier alpha value is -12.4. The molecule has 41 heteroatoms. The maximum atomic E-state index is 12.8. The maximum absolute atomic E-state index is 12.8. The number of amidine groups is 1. The van der Waals surface area contributed by atoms with E-state index in [4.69, 9.17) is 74.3 Å². The number of nitrogens with one attached hydrogen (secondary N) is 4. The van der Waals surface area contributed by atoms with E-state index in [0.29, 0.717) is 144 Å². The molecule has 0 saturated carbocycles. The van der Waals surface area contributed by atoms with Crippen LogP contribution in [0.5, 0.6) is 0 Å². The highest BCUT2D eigenvalue weighted by molar-refractivity contribution is 6.00. The highest BCUT2D eigenvalue weighted by Crippen LogP contribution is 2.40. The van der Waals surface area contributed by atoms with Crippen LogP contribution in [0.3, 0.4) is 0 Å². The molecule has 3 aromatic carbocycles. The Kier molecular flexibility index (Phi) is 35.1. The van der Waals surface area contributed by atoms with Gasteiger partial charge in [-0.3, -0.25) is 68.3 Å². The van der Waals surface area contributed by atoms with Gasteiger partial charge in [-0.25, -0.2) is 28.8 Å². The number of likely N-dealkylation sites (tertiary alicyclic amines) is 5. The van der Waals surface area contributed by atoms with E-state index in [-0.39, 0.29) is 80.5 Å². The first-order valence-corrected chi connectivity index (χ1v) is 47.2. The predicted molar refractivity (Wildman–Crippen MR) is 500 cm³/mol. The fourth-order valence-corrected chi connectivity index (χ4v) is 18.1. The van der Waals surface area contributed by atoms with Crippen molar-refractivity contribution in [2.24, 2.45) is 5.73 Å². The highest BCUT2D eigenvalue weighted by atomic mass is 16.6. The Morgan fingerprint density at radius 3 is 0.891 bits per heavy atom. The number of ether oxygens (including phenoxy) is 10. The van der Waals surface area contributed by atoms with Crippen molar-refractivity contribution in [1.29, 1.82) is 16.1 Å². The van der Waals surface area contributed by atoms with E-state index in [1.807, 2.05) is 47.6 Å². The van der Waals surface area contributed by atoms with Crippen LogP contribution in [0, 0.1) is 22.1 Å². The van der Waals surface area contributed by atoms with Crippen LogP contribution in [0.2, 0.25) is 0 Å². The third-order valence-corrected chi connectivity index (χ3v) is 25.5. The smallest absolute Gasteiger partial charge is 0.411 e. The molecule has 0 atom stereocenters. The molecule has 12 aliphatic rings. The summed E-state index contributed by atoms with van der Waals surface area (Å²) in [5, 5.41) is 38.7. The van der Waals surface area contributed by atoms with Crippen molar-refractivity contribution in [3.05, 3.63) is 106 Å². The molecule has 12 saturated heterocycles. The molecule has 3 aromatic rings. The molecular weight excluding hydrogens is 1790 g/mol. The second-order valence-corrected chi connectivity index (χ2v) is 41.1. The molecule has 0 aromatic heterocycles. The van der Waals surface area contributed by atoms with Gasteiger partial charge in [0.15, 0.2) is 0 Å². The number of amides is 9. The van der Waals surface area contributed by atoms with Crippen molar-refractivity contribution in [1.82, 2.24) is 59.6 Å². The third-order valence-electron chi connectivity index (χ3n) is 25.5. The summed E-state index contributed by atoms with van der Waals surface area (Å²) < 4.78 is 54.1. The molecule has 12 fully saturated rings. The van der Waals surface area contributed by atoms with Crippen molar-refractivity contribution in [2.75, 3.05) is 164 Å². The van der Waals surface area contributed by atoms with Gasteiger partial charge in [-0.05, 0) is 170 Å². The zero-order valence-electron chi connectivity index (χ0n) is 82.3. The number of nitrogen functional groups attached to an aromatic ring is 1. The Labute approximate surface area is 805 Å². The van der Waals surface area contributed by atoms with Gasteiger partial charge in [0, 0.05) is 170 Å². The first-order valence-electron chi connectivity index (χ1n) is 47.2. The average molecular weight is 1930 g/mol. The number of carbonyl (C=O) groups is 14. The number of carboxylic acids is 1. The average Bonchev–Trinajstić information content (AvgIpc) is 1.64. The van der Waals surface area contributed by atoms with Gasteiger partial charge in [0.05, 0.1) is 50.9 Å². The van der Waals surface area contributed by atoms with Crippen LogP contribution >= 0.6 is 0 Å². The van der Waals surface area contributed by atoms with Crippen LogP contribution < -0.4 is 16.4 Å². The third kappa shape index (κ3) is 30.5. The quantitative estimate of drug-likeness (QED) is 0.0318. The van der Waals surface area contributed by atoms with Crippen molar-refractivity contribution >= 4 is 95.7 Å². The van der Waals surface area contributed by atoms with E-state index < -0.39 is 105 Å². The van der Waals surface area contributed by atoms with Gasteiger partial charge >= 0.3 is 66.4 Å². The molecule has 0 unspecified atom stereocenters. The minimum Gasteiger partial charge on any atom is -0.480 e. The lowest BCUT2D eigenvalue weighted by molar-refractivity contribution is -0.156. The minimum absolute atomic E-state index is 0.0324. The summed E-state index contributed by atoms with van der Waals surface area (Å²) >= 11 is 0. The number of rotatable bonds is 17. The van der Waals surface area contributed by atoms with Crippen LogP contribution in [0.25, 0.3) is 0 Å². The topological polar surface area (TPSA) is 505 Å². The number of nitriles is 1. The molecule has 6 spiro atoms. The summed E-state index contributed by atoms with van der Waals surface area (Å²) in [7, 11) is 0. The molecule has 138 heavy (non-hydrogen) atoms. The Morgan fingerprint density at radius 2 is 0.645 bits per heavy atom. The van der Waals surface area contributed by atoms with Crippen LogP contribution in [0.4, 0.5) is 28.8 Å². The summed E-state index contributed by atoms with van der Waals surface area (Å²) in [5.74, 6) is -3.18. The zero-order valence-corrected chi connectivity index (χ0v) is 82.3. The number of hydrogen-bond donors (Lipinski definition) is 6. The normalized spacial score (nSPS) is 20.4. The number of nitrogens with two attached hydrogens (primary N) is 1. The standard InChI is InChI=1S/C22H29N3O5.C21H25N3O5.C17H20N4O5.C15H26N2O4.C13H22N2O4.C9H16N2O2/c1-15(23)16-5-7-17(8-6-16)19(27)24-11-9-22(10-12-24)14-25(20(28)30-22)13-18(26)29-21(2,3)4;1-20(2,3)28-17(25)13-24-14-21(29-19(24)27)8-10-23(11-9-21)18(26)16-6-4-15(12-22)5-7-16;18-14(19)11-1-3-12(4-2-11)15(24)20-7-5-17(6-8-20)10-21(9-13(22)23)16(25)26-17;1-5-16-8-6-15(7-9-16)11-17(13(19)21-15)10-12(18)20-14(2,3)4;1-12(2,3)18-10(16)8-15-9-13(19-11(15)17)4-6-14-7-5-13;1-2-11-5-3-9(4-6-11)7-10-8(12)13-9/h5-8,23H,9-14H2,1-4H3;4-7H,8-11,13-14H2,1-3H3;1-4H,5-10H2,(H3,18,19)(H,22,23);5-11H2,1-4H3;14H,4-9H2,1-3H3;2-7H2,1H3,(H,10,12). The second kappa shape index (κ2) is 45.0. The summed E-state index contributed by atoms with van der Waals surface area (Å²) in [4.78, 5) is 184. The van der Waals surface area contributed by atoms with E-state index >= 15 is 0 Å². The predicted octanol–water partition coefficient (Wildman–Crippen LogP) is 8.77. The zero-order chi connectivity index (χ0) is 101. The number of esters is 4. The second-order valence-electron chi connectivity index (χ2n) is 41.1. The number of piperidine rings is 6. The van der Waals surface area contributed by atoms with E-state index in [9.17, 15) is 67.1 Å². The van der Waals surface area contributed by atoms with Crippen molar-refractivity contribution < 1.29 is 120 Å². The summed E-state index contributed by atoms with van der Waals surface area (Å²) in [5.41, 5.74) is 3.93. The van der Waals surface area contributed by atoms with Gasteiger partial charge in [-0.15, -0.1) is 0 Å². The summed E-state index contributed by atoms with van der Waals surface area (Å²) in [6.45, 7) is 39.7. The lowest BCUT2D eigenvalue weighted by Gasteiger charge is -2.37. The summed E-state index contributed by atoms with van der Waals surface area (Å²) in [6.07, 6.45) is 5.47. The number of hydrogen-bond acceptors (Lipinski definition) is 30. The number of nitrogens with zero attached hydrogens (tertiary/aromatic N) is 11. The number of carboxylic acid groups (broad SMARTS) is 1. The molecule has 0 aliphatic carbocycles. The molecular formula is C97H138N16O25. The number of aliphatic carboxylic acids is 1. The van der Waals surface area contributed by atoms with Gasteiger partial charge < -0.3 is 98.8 Å². The van der Waals surface area contributed by atoms with Gasteiger partial charge in [-0.2, -0.15) is 5.26 Å². The molecule has 7 N–H and O–H groups in total. The molecule has 0 radical (unpaired) electrons. The molecule has 41 nitrogen and oxygen atoms in total. The molecule has 15 rings (SSSR count). The lowest BCUT2D eigenvalue weighted by Crippen LogP contribution is -2.49. The van der Waals surface area contributed by atoms with E-state index in [1.54, 1.807) is 136 Å². The van der Waals surface area contributed by atoms with Gasteiger partial charge in [0.1, 0.15) is 94.6 Å². The van der Waals surface area contributed by atoms with Crippen molar-refractivity contribution in [2.45, 2.75) is 237 Å². The van der Waals surface area contributed by atoms with Crippen molar-refractivity contribution in [3.8, 4) is 6.07 Å². The van der Waals surface area contributed by atoms with Crippen LogP contribution in [-0.2, 0) is 71.3 Å². The molecule has 12 aliphatic heterocycles. The fraction of sp³-hybridized carbons (Fsp3) is 0.639. The van der Waals surface area contributed by atoms with Crippen LogP contribution in [0.1, 0.15) is 229 Å². The first-order chi connectivity index (χ1) is 64.6. The Balaban J connectivity index is 0.000000174. The van der Waals surface area contributed by atoms with E-state index in [2.05, 4.69) is 34.3 Å². The lowest BCUT2D eigenvalue weighted by atomic mass is 9.91. The number of carbonyl (C=O) groups excluding carboxylic acids is 13. The first kappa shape index (κ1) is 108. The molecule has 9 amide bonds. The molecule has 756 valence electrons. The summed E-state index contributed by atoms with van der Waals surface area (Å²) in [6, 6.07) is 22.1. The minimum atomic E-state index is -1.08. The van der Waals surface area contributed by atoms with Gasteiger partial charge in [0.25, 0.3) is 17.7 Å². The number of alkyl carbamates (subject to hydrolysis) is 1. The fourth-order valence-electron chi connectivity index (χ4n) is 18.1. The van der Waals surface area contributed by atoms with E-state index in [1.165, 1.54) is 24.5 Å². The number of benzene rings is 3. The Bertz CT molecular complexity index is 4950.